The first-order valence-corrected chi connectivity index (χ1v) is 13.9. The van der Waals surface area contributed by atoms with Crippen LogP contribution in [0.5, 0.6) is 5.75 Å². The normalized spacial score (nSPS) is 24.2. The first-order valence-electron chi connectivity index (χ1n) is 13.9. The Morgan fingerprint density at radius 1 is 1.23 bits per heavy atom. The summed E-state index contributed by atoms with van der Waals surface area (Å²) in [6.45, 7) is 8.70. The van der Waals surface area contributed by atoms with Gasteiger partial charge in [-0.05, 0) is 69.5 Å². The van der Waals surface area contributed by atoms with Crippen LogP contribution in [0.1, 0.15) is 51.5 Å². The third-order valence-corrected chi connectivity index (χ3v) is 8.20. The highest BCUT2D eigenvalue weighted by Crippen LogP contribution is 2.39. The van der Waals surface area contributed by atoms with Gasteiger partial charge in [0.15, 0.2) is 5.82 Å². The molecule has 0 saturated carbocycles. The molecule has 3 atom stereocenters. The maximum Gasteiger partial charge on any atom is 0.368 e. The SMILES string of the molecule is Cc1cnc(Nc2cc(-n3nnn(C)c3=O)c(O[C@@H]3CCOC3)cc2F)nc1N[C@@H]1C[C@@H]2CCCN2C(C)(C)C1. The first-order chi connectivity index (χ1) is 19.2. The number of benzene rings is 1. The lowest BCUT2D eigenvalue weighted by molar-refractivity contribution is 0.0501. The second-order valence-corrected chi connectivity index (χ2v) is 11.6. The van der Waals surface area contributed by atoms with Crippen LogP contribution in [-0.2, 0) is 11.8 Å². The van der Waals surface area contributed by atoms with E-state index in [4.69, 9.17) is 14.5 Å². The van der Waals surface area contributed by atoms with E-state index in [0.717, 1.165) is 40.1 Å². The van der Waals surface area contributed by atoms with Crippen LogP contribution >= 0.6 is 0 Å². The number of fused-ring (bicyclic) bond motifs is 1. The molecule has 3 aromatic rings. The zero-order valence-electron chi connectivity index (χ0n) is 23.4. The zero-order chi connectivity index (χ0) is 28.0. The zero-order valence-corrected chi connectivity index (χ0v) is 23.4. The maximum absolute atomic E-state index is 15.4. The van der Waals surface area contributed by atoms with Crippen LogP contribution in [0.4, 0.5) is 21.8 Å². The van der Waals surface area contributed by atoms with Crippen LogP contribution in [0.15, 0.2) is 23.1 Å². The second kappa shape index (κ2) is 10.4. The molecule has 3 aliphatic rings. The summed E-state index contributed by atoms with van der Waals surface area (Å²) < 4.78 is 29.0. The van der Waals surface area contributed by atoms with E-state index in [1.807, 2.05) is 6.92 Å². The molecule has 214 valence electrons. The van der Waals surface area contributed by atoms with Crippen molar-refractivity contribution >= 4 is 17.5 Å². The number of aromatic nitrogens is 6. The topological polar surface area (TPSA) is 124 Å². The van der Waals surface area contributed by atoms with Crippen molar-refractivity contribution in [3.63, 3.8) is 0 Å². The van der Waals surface area contributed by atoms with Crippen molar-refractivity contribution in [1.29, 1.82) is 0 Å². The second-order valence-electron chi connectivity index (χ2n) is 11.6. The molecular formula is C27H36FN9O3. The molecule has 0 amide bonds. The summed E-state index contributed by atoms with van der Waals surface area (Å²) in [5.74, 6) is 0.550. The minimum absolute atomic E-state index is 0.0813. The lowest BCUT2D eigenvalue weighted by atomic mass is 9.84. The first kappa shape index (κ1) is 26.6. The minimum Gasteiger partial charge on any atom is -0.486 e. The molecule has 0 spiro atoms. The van der Waals surface area contributed by atoms with E-state index >= 15 is 4.39 Å². The van der Waals surface area contributed by atoms with Crippen LogP contribution < -0.4 is 21.1 Å². The molecule has 1 aromatic carbocycles. The average Bonchev–Trinajstić information content (AvgIpc) is 3.66. The van der Waals surface area contributed by atoms with Crippen molar-refractivity contribution in [3.8, 4) is 11.4 Å². The third-order valence-electron chi connectivity index (χ3n) is 8.20. The van der Waals surface area contributed by atoms with Gasteiger partial charge in [-0.15, -0.1) is 0 Å². The number of hydrogen-bond acceptors (Lipinski definition) is 10. The summed E-state index contributed by atoms with van der Waals surface area (Å²) in [6.07, 6.45) is 6.67. The number of piperidine rings is 1. The van der Waals surface area contributed by atoms with E-state index in [1.165, 1.54) is 32.0 Å². The minimum atomic E-state index is -0.580. The van der Waals surface area contributed by atoms with Gasteiger partial charge in [0.05, 0.1) is 18.9 Å². The van der Waals surface area contributed by atoms with Gasteiger partial charge < -0.3 is 20.1 Å². The highest BCUT2D eigenvalue weighted by Gasteiger charge is 2.43. The summed E-state index contributed by atoms with van der Waals surface area (Å²) in [5, 5.41) is 14.4. The number of hydrogen-bond donors (Lipinski definition) is 2. The summed E-state index contributed by atoms with van der Waals surface area (Å²) in [4.78, 5) is 24.4. The molecule has 2 N–H and O–H groups in total. The predicted octanol–water partition coefficient (Wildman–Crippen LogP) is 2.93. The molecule has 5 heterocycles. The summed E-state index contributed by atoms with van der Waals surface area (Å²) in [6, 6.07) is 3.56. The van der Waals surface area contributed by atoms with E-state index in [2.05, 4.69) is 44.8 Å². The Bertz CT molecular complexity index is 1450. The molecule has 6 rings (SSSR count). The summed E-state index contributed by atoms with van der Waals surface area (Å²) in [5.41, 5.74) is 0.875. The molecule has 2 aromatic heterocycles. The van der Waals surface area contributed by atoms with E-state index in [0.29, 0.717) is 25.7 Å². The van der Waals surface area contributed by atoms with E-state index < -0.39 is 11.5 Å². The van der Waals surface area contributed by atoms with Gasteiger partial charge in [0, 0.05) is 48.9 Å². The monoisotopic (exact) mass is 553 g/mol. The molecule has 40 heavy (non-hydrogen) atoms. The Morgan fingerprint density at radius 3 is 2.83 bits per heavy atom. The quantitative estimate of drug-likeness (QED) is 0.451. The number of tetrazole rings is 1. The Kier molecular flexibility index (Phi) is 6.95. The molecule has 3 saturated heterocycles. The standard InChI is InChI=1S/C27H36FN9O3/c1-16-14-29-25(32-24(16)30-17-10-18-6-5-8-36(18)27(2,3)13-17)31-21-12-22(37-26(38)35(4)33-34-37)23(11-20(21)28)40-19-7-9-39-15-19/h11-12,14,17-19H,5-10,13,15H2,1-4H3,(H2,29,30,31,32)/t17-,18+,19-/m1/s1. The van der Waals surface area contributed by atoms with Crippen molar-refractivity contribution in [2.24, 2.45) is 7.05 Å². The molecule has 0 radical (unpaired) electrons. The number of halogens is 1. The van der Waals surface area contributed by atoms with Gasteiger partial charge in [-0.25, -0.2) is 14.2 Å². The van der Waals surface area contributed by atoms with Gasteiger partial charge in [-0.3, -0.25) is 4.90 Å². The van der Waals surface area contributed by atoms with Gasteiger partial charge in [0.1, 0.15) is 23.4 Å². The van der Waals surface area contributed by atoms with Crippen LogP contribution in [0.25, 0.3) is 5.69 Å². The van der Waals surface area contributed by atoms with Gasteiger partial charge in [0.2, 0.25) is 5.95 Å². The van der Waals surface area contributed by atoms with Crippen molar-refractivity contribution in [3.05, 3.63) is 40.2 Å². The smallest absolute Gasteiger partial charge is 0.368 e. The number of nitrogens with zero attached hydrogens (tertiary/aromatic N) is 7. The Labute approximate surface area is 231 Å². The lowest BCUT2D eigenvalue weighted by Crippen LogP contribution is -2.55. The Morgan fingerprint density at radius 2 is 2.08 bits per heavy atom. The molecule has 3 aliphatic heterocycles. The van der Waals surface area contributed by atoms with Crippen molar-refractivity contribution in [1.82, 2.24) is 34.7 Å². The van der Waals surface area contributed by atoms with Crippen LogP contribution in [0, 0.1) is 12.7 Å². The largest absolute Gasteiger partial charge is 0.486 e. The number of aryl methyl sites for hydroxylation is 2. The summed E-state index contributed by atoms with van der Waals surface area (Å²) in [7, 11) is 1.49. The highest BCUT2D eigenvalue weighted by molar-refractivity contribution is 5.64. The van der Waals surface area contributed by atoms with Gasteiger partial charge in [-0.1, -0.05) is 0 Å². The van der Waals surface area contributed by atoms with E-state index in [-0.39, 0.29) is 40.8 Å². The van der Waals surface area contributed by atoms with Crippen LogP contribution in [-0.4, -0.2) is 78.1 Å². The van der Waals surface area contributed by atoms with E-state index in [1.54, 1.807) is 6.20 Å². The van der Waals surface area contributed by atoms with E-state index in [9.17, 15) is 4.79 Å². The van der Waals surface area contributed by atoms with Crippen molar-refractivity contribution in [2.45, 2.75) is 76.6 Å². The molecule has 13 heteroatoms. The lowest BCUT2D eigenvalue weighted by Gasteiger charge is -2.48. The van der Waals surface area contributed by atoms with Crippen LogP contribution in [0.3, 0.4) is 0 Å². The predicted molar refractivity (Wildman–Crippen MR) is 147 cm³/mol. The van der Waals surface area contributed by atoms with Gasteiger partial charge in [0.25, 0.3) is 0 Å². The summed E-state index contributed by atoms with van der Waals surface area (Å²) >= 11 is 0. The molecule has 0 unspecified atom stereocenters. The molecule has 0 aliphatic carbocycles. The number of ether oxygens (including phenoxy) is 2. The number of anilines is 3. The fourth-order valence-corrected chi connectivity index (χ4v) is 6.23. The number of rotatable bonds is 7. The molecule has 12 nitrogen and oxygen atoms in total. The highest BCUT2D eigenvalue weighted by atomic mass is 19.1. The van der Waals surface area contributed by atoms with Crippen molar-refractivity contribution in [2.75, 3.05) is 30.4 Å². The number of nitrogens with one attached hydrogen (secondary N) is 2. The third kappa shape index (κ3) is 5.15. The van der Waals surface area contributed by atoms with Gasteiger partial charge >= 0.3 is 5.69 Å². The molecule has 3 fully saturated rings. The fourth-order valence-electron chi connectivity index (χ4n) is 6.23. The Hall–Kier alpha value is -3.58. The van der Waals surface area contributed by atoms with Crippen molar-refractivity contribution < 1.29 is 13.9 Å². The van der Waals surface area contributed by atoms with Gasteiger partial charge in [-0.2, -0.15) is 14.3 Å². The molecule has 0 bridgehead atoms. The molecular weight excluding hydrogens is 517 g/mol. The fraction of sp³-hybridized carbons (Fsp3) is 0.593. The Balaban J connectivity index is 1.27. The average molecular weight is 554 g/mol. The maximum atomic E-state index is 15.4. The van der Waals surface area contributed by atoms with Crippen LogP contribution in [0.2, 0.25) is 0 Å².